The maximum Gasteiger partial charge on any atom is 0.163 e. The Bertz CT molecular complexity index is 819. The minimum atomic E-state index is -0.300. The van der Waals surface area contributed by atoms with Gasteiger partial charge in [-0.05, 0) is 31.0 Å². The zero-order valence-corrected chi connectivity index (χ0v) is 12.9. The smallest absolute Gasteiger partial charge is 0.163 e. The molecule has 4 nitrogen and oxygen atoms in total. The number of nitrogens with zero attached hydrogens (tertiary/aromatic N) is 4. The molecule has 0 radical (unpaired) electrons. The fraction of sp³-hybridized carbons (Fsp3) is 0.333. The van der Waals surface area contributed by atoms with Gasteiger partial charge in [-0.2, -0.15) is 5.10 Å². The zero-order valence-electron chi connectivity index (χ0n) is 12.2. The lowest BCUT2D eigenvalue weighted by Crippen LogP contribution is -2.06. The number of halogens is 2. The number of benzene rings is 1. The van der Waals surface area contributed by atoms with E-state index in [9.17, 15) is 4.39 Å². The summed E-state index contributed by atoms with van der Waals surface area (Å²) in [6.07, 6.45) is 0.770. The van der Waals surface area contributed by atoms with Gasteiger partial charge in [-0.15, -0.1) is 11.6 Å². The molecule has 0 aliphatic carbocycles. The van der Waals surface area contributed by atoms with Crippen molar-refractivity contribution in [2.75, 3.05) is 0 Å². The normalized spacial score (nSPS) is 11.5. The molecule has 21 heavy (non-hydrogen) atoms. The molecule has 0 aliphatic heterocycles. The summed E-state index contributed by atoms with van der Waals surface area (Å²) in [6.45, 7) is 3.95. The molecule has 0 aliphatic rings. The number of alkyl halides is 1. The van der Waals surface area contributed by atoms with Crippen molar-refractivity contribution >= 4 is 22.8 Å². The van der Waals surface area contributed by atoms with Crippen molar-refractivity contribution in [2.45, 2.75) is 26.1 Å². The molecule has 0 amide bonds. The zero-order chi connectivity index (χ0) is 15.1. The second-order valence-corrected chi connectivity index (χ2v) is 5.32. The summed E-state index contributed by atoms with van der Waals surface area (Å²) in [7, 11) is 1.84. The second kappa shape index (κ2) is 5.15. The number of rotatable bonds is 3. The van der Waals surface area contributed by atoms with Crippen LogP contribution in [0.1, 0.15) is 24.0 Å². The maximum absolute atomic E-state index is 14.3. The highest BCUT2D eigenvalue weighted by atomic mass is 35.5. The van der Waals surface area contributed by atoms with E-state index in [1.807, 2.05) is 20.9 Å². The molecule has 1 aromatic carbocycles. The van der Waals surface area contributed by atoms with Crippen LogP contribution in [0.2, 0.25) is 0 Å². The molecule has 110 valence electrons. The van der Waals surface area contributed by atoms with Crippen LogP contribution in [0.4, 0.5) is 4.39 Å². The quantitative estimate of drug-likeness (QED) is 0.694. The van der Waals surface area contributed by atoms with Crippen molar-refractivity contribution in [1.82, 2.24) is 19.3 Å². The molecule has 0 spiro atoms. The minimum Gasteiger partial charge on any atom is -0.277 e. The summed E-state index contributed by atoms with van der Waals surface area (Å²) in [5.74, 6) is 0.537. The maximum atomic E-state index is 14.3. The number of aromatic nitrogens is 4. The van der Waals surface area contributed by atoms with Gasteiger partial charge < -0.3 is 0 Å². The summed E-state index contributed by atoms with van der Waals surface area (Å²) >= 11 is 6.01. The fourth-order valence-corrected chi connectivity index (χ4v) is 2.78. The average Bonchev–Trinajstić information content (AvgIpc) is 2.99. The molecule has 0 fully saturated rings. The van der Waals surface area contributed by atoms with Gasteiger partial charge in [-0.1, -0.05) is 13.0 Å². The second-order valence-electron chi connectivity index (χ2n) is 5.05. The topological polar surface area (TPSA) is 35.6 Å². The summed E-state index contributed by atoms with van der Waals surface area (Å²) in [5.41, 5.74) is 3.89. The molecule has 0 bridgehead atoms. The van der Waals surface area contributed by atoms with Crippen molar-refractivity contribution in [1.29, 1.82) is 0 Å². The van der Waals surface area contributed by atoms with E-state index in [0.717, 1.165) is 28.8 Å². The number of imidazole rings is 1. The highest BCUT2D eigenvalue weighted by molar-refractivity contribution is 6.17. The van der Waals surface area contributed by atoms with Gasteiger partial charge in [0.2, 0.25) is 0 Å². The Morgan fingerprint density at radius 1 is 1.33 bits per heavy atom. The van der Waals surface area contributed by atoms with Crippen molar-refractivity contribution in [3.8, 4) is 5.69 Å². The average molecular weight is 307 g/mol. The number of hydrogen-bond acceptors (Lipinski definition) is 2. The van der Waals surface area contributed by atoms with Gasteiger partial charge in [0, 0.05) is 7.05 Å². The van der Waals surface area contributed by atoms with Gasteiger partial charge in [0.1, 0.15) is 17.2 Å². The van der Waals surface area contributed by atoms with E-state index in [-0.39, 0.29) is 11.7 Å². The highest BCUT2D eigenvalue weighted by Gasteiger charge is 2.20. The molecule has 2 aromatic heterocycles. The van der Waals surface area contributed by atoms with Gasteiger partial charge in [0.15, 0.2) is 5.65 Å². The van der Waals surface area contributed by atoms with Crippen molar-refractivity contribution in [3.05, 3.63) is 41.1 Å². The van der Waals surface area contributed by atoms with E-state index in [2.05, 4.69) is 10.1 Å². The molecular weight excluding hydrogens is 291 g/mol. The van der Waals surface area contributed by atoms with Crippen LogP contribution in [0, 0.1) is 12.7 Å². The predicted octanol–water partition coefficient (Wildman–Crippen LogP) is 3.51. The third-order valence-electron chi connectivity index (χ3n) is 3.57. The van der Waals surface area contributed by atoms with E-state index in [1.165, 1.54) is 6.07 Å². The number of aryl methyl sites for hydroxylation is 3. The van der Waals surface area contributed by atoms with Crippen LogP contribution in [0.5, 0.6) is 0 Å². The third kappa shape index (κ3) is 2.12. The van der Waals surface area contributed by atoms with Gasteiger partial charge in [0.05, 0.1) is 17.3 Å². The first-order valence-corrected chi connectivity index (χ1v) is 7.36. The monoisotopic (exact) mass is 306 g/mol. The Morgan fingerprint density at radius 3 is 2.76 bits per heavy atom. The van der Waals surface area contributed by atoms with Gasteiger partial charge in [-0.25, -0.2) is 14.1 Å². The van der Waals surface area contributed by atoms with Crippen LogP contribution in [0.25, 0.3) is 16.9 Å². The summed E-state index contributed by atoms with van der Waals surface area (Å²) in [4.78, 5) is 4.55. The molecule has 0 saturated carbocycles. The Kier molecular flexibility index (Phi) is 3.45. The largest absolute Gasteiger partial charge is 0.277 e. The molecule has 0 atom stereocenters. The van der Waals surface area contributed by atoms with Crippen molar-refractivity contribution < 1.29 is 4.39 Å². The molecule has 3 aromatic rings. The standard InChI is InChI=1S/C15H16ClFN4/c1-4-11-14-15(20(3)19-11)21(13(8-16)18-14)12-7-9(2)5-6-10(12)17/h5-7H,4,8H2,1-3H3. The molecule has 3 rings (SSSR count). The first-order chi connectivity index (χ1) is 10.1. The van der Waals surface area contributed by atoms with Crippen molar-refractivity contribution in [2.24, 2.45) is 7.05 Å². The van der Waals surface area contributed by atoms with Crippen LogP contribution < -0.4 is 0 Å². The highest BCUT2D eigenvalue weighted by Crippen LogP contribution is 2.27. The molecular formula is C15H16ClFN4. The van der Waals surface area contributed by atoms with Crippen LogP contribution in [0.3, 0.4) is 0 Å². The lowest BCUT2D eigenvalue weighted by molar-refractivity contribution is 0.615. The van der Waals surface area contributed by atoms with Gasteiger partial charge in [0.25, 0.3) is 0 Å². The summed E-state index contributed by atoms with van der Waals surface area (Å²) < 4.78 is 17.8. The van der Waals surface area contributed by atoms with Gasteiger partial charge in [-0.3, -0.25) is 4.57 Å². The molecule has 0 saturated heterocycles. The Morgan fingerprint density at radius 2 is 2.10 bits per heavy atom. The van der Waals surface area contributed by atoms with E-state index >= 15 is 0 Å². The predicted molar refractivity (Wildman–Crippen MR) is 81.5 cm³/mol. The van der Waals surface area contributed by atoms with E-state index in [4.69, 9.17) is 11.6 Å². The first kappa shape index (κ1) is 14.1. The summed E-state index contributed by atoms with van der Waals surface area (Å²) in [5, 5.41) is 4.45. The molecule has 6 heteroatoms. The van der Waals surface area contributed by atoms with Gasteiger partial charge >= 0.3 is 0 Å². The van der Waals surface area contributed by atoms with Crippen molar-refractivity contribution in [3.63, 3.8) is 0 Å². The van der Waals surface area contributed by atoms with E-state index in [0.29, 0.717) is 11.5 Å². The lowest BCUT2D eigenvalue weighted by Gasteiger charge is -2.10. The first-order valence-electron chi connectivity index (χ1n) is 6.82. The van der Waals surface area contributed by atoms with E-state index < -0.39 is 0 Å². The Hall–Kier alpha value is -1.88. The SMILES string of the molecule is CCc1nn(C)c2c1nc(CCl)n2-c1cc(C)ccc1F. The van der Waals surface area contributed by atoms with Crippen LogP contribution in [0.15, 0.2) is 18.2 Å². The molecule has 0 unspecified atom stereocenters. The molecule has 0 N–H and O–H groups in total. The van der Waals surface area contributed by atoms with Crippen LogP contribution >= 0.6 is 11.6 Å². The number of fused-ring (bicyclic) bond motifs is 1. The number of hydrogen-bond donors (Lipinski definition) is 0. The Labute approximate surface area is 127 Å². The van der Waals surface area contributed by atoms with Crippen LogP contribution in [-0.4, -0.2) is 19.3 Å². The van der Waals surface area contributed by atoms with Crippen LogP contribution in [-0.2, 0) is 19.3 Å². The minimum absolute atomic E-state index is 0.214. The Balaban J connectivity index is 2.40. The fourth-order valence-electron chi connectivity index (χ4n) is 2.60. The summed E-state index contributed by atoms with van der Waals surface area (Å²) in [6, 6.07) is 5.00. The third-order valence-corrected chi connectivity index (χ3v) is 3.81. The van der Waals surface area contributed by atoms with E-state index in [1.54, 1.807) is 21.4 Å². The molecule has 2 heterocycles. The lowest BCUT2D eigenvalue weighted by atomic mass is 10.2.